The first-order chi connectivity index (χ1) is 6.18. The fourth-order valence-electron chi connectivity index (χ4n) is 1.23. The third-order valence-corrected chi connectivity index (χ3v) is 3.08. The number of rotatable bonds is 2. The van der Waals surface area contributed by atoms with Gasteiger partial charge in [0.05, 0.1) is 0 Å². The number of pyridine rings is 1. The van der Waals surface area contributed by atoms with Gasteiger partial charge in [-0.15, -0.1) is 0 Å². The molecule has 0 aromatic carbocycles. The van der Waals surface area contributed by atoms with Crippen LogP contribution in [0.1, 0.15) is 28.9 Å². The molecule has 1 aliphatic rings. The minimum atomic E-state index is 0.204. The Morgan fingerprint density at radius 1 is 1.62 bits per heavy atom. The van der Waals surface area contributed by atoms with Crippen LogP contribution in [0.3, 0.4) is 0 Å². The van der Waals surface area contributed by atoms with E-state index in [9.17, 15) is 4.79 Å². The van der Waals surface area contributed by atoms with Crippen molar-refractivity contribution in [2.75, 3.05) is 0 Å². The van der Waals surface area contributed by atoms with Crippen molar-refractivity contribution in [1.82, 2.24) is 4.98 Å². The Morgan fingerprint density at radius 2 is 2.31 bits per heavy atom. The van der Waals surface area contributed by atoms with Crippen LogP contribution in [0.5, 0.6) is 0 Å². The third kappa shape index (κ3) is 1.80. The topological polar surface area (TPSA) is 30.0 Å². The van der Waals surface area contributed by atoms with E-state index in [0.29, 0.717) is 5.69 Å². The number of nitrogens with zero attached hydrogens (tertiary/aromatic N) is 1. The molecule has 0 atom stereocenters. The molecule has 0 amide bonds. The molecule has 1 aromatic rings. The lowest BCUT2D eigenvalue weighted by molar-refractivity contribution is 0.0962. The summed E-state index contributed by atoms with van der Waals surface area (Å²) < 4.78 is 0.958. The Morgan fingerprint density at radius 3 is 2.85 bits per heavy atom. The van der Waals surface area contributed by atoms with Crippen molar-refractivity contribution in [3.63, 3.8) is 0 Å². The van der Waals surface area contributed by atoms with Crippen LogP contribution < -0.4 is 0 Å². The highest BCUT2D eigenvalue weighted by molar-refractivity contribution is 9.10. The summed E-state index contributed by atoms with van der Waals surface area (Å²) in [6, 6.07) is 1.85. The molecule has 2 rings (SSSR count). The van der Waals surface area contributed by atoms with Gasteiger partial charge in [0.25, 0.3) is 0 Å². The van der Waals surface area contributed by atoms with Crippen molar-refractivity contribution in [1.29, 1.82) is 0 Å². The Balaban J connectivity index is 2.30. The molecule has 1 aromatic heterocycles. The van der Waals surface area contributed by atoms with Gasteiger partial charge in [-0.2, -0.15) is 0 Å². The lowest BCUT2D eigenvalue weighted by atomic mass is 10.1. The number of aryl methyl sites for hydroxylation is 1. The van der Waals surface area contributed by atoms with Crippen molar-refractivity contribution in [2.24, 2.45) is 5.92 Å². The van der Waals surface area contributed by atoms with E-state index >= 15 is 0 Å². The van der Waals surface area contributed by atoms with Gasteiger partial charge in [0.1, 0.15) is 5.69 Å². The second-order valence-electron chi connectivity index (χ2n) is 3.46. The number of halogens is 1. The van der Waals surface area contributed by atoms with Crippen LogP contribution in [0.15, 0.2) is 16.7 Å². The van der Waals surface area contributed by atoms with Gasteiger partial charge in [-0.05, 0) is 47.3 Å². The molecular formula is C10H10BrNO. The Hall–Kier alpha value is -0.700. The molecule has 0 unspecified atom stereocenters. The van der Waals surface area contributed by atoms with Gasteiger partial charge >= 0.3 is 0 Å². The first kappa shape index (κ1) is 8.88. The number of Topliss-reactive ketones (excluding diaryl/α,β-unsaturated/α-hetero) is 1. The van der Waals surface area contributed by atoms with Crippen molar-refractivity contribution >= 4 is 21.7 Å². The number of aromatic nitrogens is 1. The van der Waals surface area contributed by atoms with E-state index < -0.39 is 0 Å². The van der Waals surface area contributed by atoms with E-state index in [1.807, 2.05) is 13.0 Å². The lowest BCUT2D eigenvalue weighted by Gasteiger charge is -2.00. The first-order valence-electron chi connectivity index (χ1n) is 4.35. The molecule has 0 radical (unpaired) electrons. The van der Waals surface area contributed by atoms with Gasteiger partial charge in [-0.1, -0.05) is 0 Å². The highest BCUT2D eigenvalue weighted by atomic mass is 79.9. The van der Waals surface area contributed by atoms with Gasteiger partial charge in [-0.25, -0.2) is 0 Å². The van der Waals surface area contributed by atoms with Crippen LogP contribution in [0, 0.1) is 12.8 Å². The summed E-state index contributed by atoms with van der Waals surface area (Å²) in [5.41, 5.74) is 1.68. The van der Waals surface area contributed by atoms with Crippen molar-refractivity contribution in [3.05, 3.63) is 28.0 Å². The summed E-state index contributed by atoms with van der Waals surface area (Å²) in [6.07, 6.45) is 3.77. The SMILES string of the molecule is Cc1cc(C(=O)C2CC2)ncc1Br. The summed E-state index contributed by atoms with van der Waals surface area (Å²) in [7, 11) is 0. The average molecular weight is 240 g/mol. The molecule has 68 valence electrons. The van der Waals surface area contributed by atoms with E-state index in [1.165, 1.54) is 0 Å². The molecule has 0 bridgehead atoms. The number of carbonyl (C=O) groups is 1. The molecule has 1 aliphatic carbocycles. The van der Waals surface area contributed by atoms with E-state index in [2.05, 4.69) is 20.9 Å². The largest absolute Gasteiger partial charge is 0.292 e. The van der Waals surface area contributed by atoms with Gasteiger partial charge in [0.2, 0.25) is 0 Å². The highest BCUT2D eigenvalue weighted by Gasteiger charge is 2.31. The highest BCUT2D eigenvalue weighted by Crippen LogP contribution is 2.32. The Bertz CT molecular complexity index is 358. The molecule has 1 heterocycles. The first-order valence-corrected chi connectivity index (χ1v) is 5.14. The molecule has 0 aliphatic heterocycles. The maximum Gasteiger partial charge on any atom is 0.184 e. The zero-order valence-corrected chi connectivity index (χ0v) is 8.97. The standard InChI is InChI=1S/C10H10BrNO/c1-6-4-9(12-5-8(6)11)10(13)7-2-3-7/h4-5,7H,2-3H2,1H3. The molecule has 0 saturated heterocycles. The molecule has 1 saturated carbocycles. The average Bonchev–Trinajstić information content (AvgIpc) is 2.91. The fourth-order valence-corrected chi connectivity index (χ4v) is 1.45. The third-order valence-electron chi connectivity index (χ3n) is 2.25. The minimum Gasteiger partial charge on any atom is -0.292 e. The number of hydrogen-bond acceptors (Lipinski definition) is 2. The summed E-state index contributed by atoms with van der Waals surface area (Å²) in [4.78, 5) is 15.7. The molecule has 3 heteroatoms. The van der Waals surface area contributed by atoms with E-state index in [4.69, 9.17) is 0 Å². The Kier molecular flexibility index (Phi) is 2.20. The lowest BCUT2D eigenvalue weighted by Crippen LogP contribution is -2.04. The molecule has 0 spiro atoms. The van der Waals surface area contributed by atoms with Crippen LogP contribution in [0.4, 0.5) is 0 Å². The second-order valence-corrected chi connectivity index (χ2v) is 4.31. The number of carbonyl (C=O) groups excluding carboxylic acids is 1. The maximum absolute atomic E-state index is 11.6. The molecule has 0 N–H and O–H groups in total. The number of hydrogen-bond donors (Lipinski definition) is 0. The summed E-state index contributed by atoms with van der Waals surface area (Å²) in [5, 5.41) is 0. The van der Waals surface area contributed by atoms with Crippen molar-refractivity contribution in [3.8, 4) is 0 Å². The van der Waals surface area contributed by atoms with Crippen LogP contribution >= 0.6 is 15.9 Å². The maximum atomic E-state index is 11.6. The normalized spacial score (nSPS) is 15.8. The molecule has 13 heavy (non-hydrogen) atoms. The van der Waals surface area contributed by atoms with Crippen LogP contribution in [0.2, 0.25) is 0 Å². The summed E-state index contributed by atoms with van der Waals surface area (Å²) in [6.45, 7) is 1.97. The molecular weight excluding hydrogens is 230 g/mol. The van der Waals surface area contributed by atoms with E-state index in [1.54, 1.807) is 6.20 Å². The van der Waals surface area contributed by atoms with Crippen molar-refractivity contribution < 1.29 is 4.79 Å². The van der Waals surface area contributed by atoms with E-state index in [-0.39, 0.29) is 11.7 Å². The fraction of sp³-hybridized carbons (Fsp3) is 0.400. The minimum absolute atomic E-state index is 0.204. The predicted octanol–water partition coefficient (Wildman–Crippen LogP) is 2.75. The summed E-state index contributed by atoms with van der Waals surface area (Å²) >= 11 is 3.36. The zero-order chi connectivity index (χ0) is 9.42. The van der Waals surface area contributed by atoms with Gasteiger partial charge in [0.15, 0.2) is 5.78 Å². The monoisotopic (exact) mass is 239 g/mol. The van der Waals surface area contributed by atoms with Gasteiger partial charge in [-0.3, -0.25) is 9.78 Å². The zero-order valence-electron chi connectivity index (χ0n) is 7.38. The molecule has 2 nitrogen and oxygen atoms in total. The number of ketones is 1. The van der Waals surface area contributed by atoms with Crippen LogP contribution in [-0.2, 0) is 0 Å². The van der Waals surface area contributed by atoms with Crippen molar-refractivity contribution in [2.45, 2.75) is 19.8 Å². The van der Waals surface area contributed by atoms with Gasteiger partial charge in [0, 0.05) is 16.6 Å². The van der Waals surface area contributed by atoms with Crippen LogP contribution in [0.25, 0.3) is 0 Å². The quantitative estimate of drug-likeness (QED) is 0.744. The molecule has 1 fully saturated rings. The smallest absolute Gasteiger partial charge is 0.184 e. The predicted molar refractivity (Wildman–Crippen MR) is 53.7 cm³/mol. The summed E-state index contributed by atoms with van der Waals surface area (Å²) in [5.74, 6) is 0.462. The van der Waals surface area contributed by atoms with Crippen LogP contribution in [-0.4, -0.2) is 10.8 Å². The second kappa shape index (κ2) is 3.22. The van der Waals surface area contributed by atoms with Gasteiger partial charge < -0.3 is 0 Å². The Labute approximate surface area is 85.5 Å². The van der Waals surface area contributed by atoms with E-state index in [0.717, 1.165) is 22.9 Å².